The van der Waals surface area contributed by atoms with E-state index in [1.165, 1.54) is 16.7 Å². The van der Waals surface area contributed by atoms with E-state index in [2.05, 4.69) is 21.2 Å². The van der Waals surface area contributed by atoms with E-state index in [-0.39, 0.29) is 18.4 Å². The van der Waals surface area contributed by atoms with Gasteiger partial charge in [-0.1, -0.05) is 36.1 Å². The summed E-state index contributed by atoms with van der Waals surface area (Å²) in [6, 6.07) is 11.1. The quantitative estimate of drug-likeness (QED) is 0.476. The van der Waals surface area contributed by atoms with Crippen molar-refractivity contribution in [2.45, 2.75) is 13.8 Å². The molecule has 0 atom stereocenters. The molecule has 2 amide bonds. The first-order valence-corrected chi connectivity index (χ1v) is 10.8. The van der Waals surface area contributed by atoms with Crippen molar-refractivity contribution in [3.05, 3.63) is 62.5 Å². The molecule has 150 valence electrons. The number of nitrogens with zero attached hydrogens (tertiary/aromatic N) is 1. The first-order chi connectivity index (χ1) is 13.7. The normalized spacial score (nSPS) is 15.2. The average molecular weight is 491 g/mol. The van der Waals surface area contributed by atoms with Gasteiger partial charge in [0, 0.05) is 11.5 Å². The Morgan fingerprint density at radius 1 is 1.24 bits per heavy atom. The zero-order valence-corrected chi connectivity index (χ0v) is 19.3. The van der Waals surface area contributed by atoms with Crippen molar-refractivity contribution in [2.24, 2.45) is 0 Å². The molecule has 1 fully saturated rings. The summed E-state index contributed by atoms with van der Waals surface area (Å²) < 4.78 is 6.94. The number of aryl methyl sites for hydroxylation is 2. The molecule has 1 aliphatic rings. The molecule has 5 nitrogen and oxygen atoms in total. The van der Waals surface area contributed by atoms with Crippen molar-refractivity contribution in [3.8, 4) is 5.75 Å². The van der Waals surface area contributed by atoms with Gasteiger partial charge >= 0.3 is 0 Å². The van der Waals surface area contributed by atoms with Crippen LogP contribution in [0.5, 0.6) is 5.75 Å². The molecule has 29 heavy (non-hydrogen) atoms. The largest absolute Gasteiger partial charge is 0.484 e. The molecule has 2 aromatic carbocycles. The minimum atomic E-state index is -0.246. The fourth-order valence-electron chi connectivity index (χ4n) is 2.57. The smallest absolute Gasteiger partial charge is 0.265 e. The minimum absolute atomic E-state index is 0.102. The highest BCUT2D eigenvalue weighted by Gasteiger charge is 2.28. The first kappa shape index (κ1) is 21.5. The van der Waals surface area contributed by atoms with Gasteiger partial charge in [-0.3, -0.25) is 14.5 Å². The van der Waals surface area contributed by atoms with Gasteiger partial charge < -0.3 is 10.1 Å². The van der Waals surface area contributed by atoms with Crippen LogP contribution in [0.25, 0.3) is 6.08 Å². The Kier molecular flexibility index (Phi) is 6.77. The molecule has 1 aliphatic heterocycles. The molecule has 0 saturated carbocycles. The summed E-state index contributed by atoms with van der Waals surface area (Å²) >= 11 is 9.87. The lowest BCUT2D eigenvalue weighted by atomic mass is 10.1. The monoisotopic (exact) mass is 490 g/mol. The minimum Gasteiger partial charge on any atom is -0.484 e. The number of rotatable bonds is 5. The summed E-state index contributed by atoms with van der Waals surface area (Å²) in [6.45, 7) is 3.91. The number of ether oxygens (including phenoxy) is 1. The van der Waals surface area contributed by atoms with Gasteiger partial charge in [-0.05, 0) is 76.8 Å². The van der Waals surface area contributed by atoms with Gasteiger partial charge in [0.05, 0.1) is 10.6 Å². The number of carbonyl (C=O) groups is 2. The Morgan fingerprint density at radius 2 is 1.90 bits per heavy atom. The summed E-state index contributed by atoms with van der Waals surface area (Å²) in [5, 5.41) is 2.84. The van der Waals surface area contributed by atoms with Crippen molar-refractivity contribution in [1.82, 2.24) is 4.90 Å². The number of carbonyl (C=O) groups excluding carboxylic acids is 2. The topological polar surface area (TPSA) is 58.6 Å². The second kappa shape index (κ2) is 9.11. The van der Waals surface area contributed by atoms with Crippen LogP contribution in [-0.2, 0) is 9.59 Å². The number of hydrogen-bond donors (Lipinski definition) is 1. The fourth-order valence-corrected chi connectivity index (χ4v) is 4.31. The Balaban J connectivity index is 1.58. The van der Waals surface area contributed by atoms with Gasteiger partial charge in [0.2, 0.25) is 0 Å². The lowest BCUT2D eigenvalue weighted by Crippen LogP contribution is -2.22. The van der Waals surface area contributed by atoms with Gasteiger partial charge in [0.25, 0.3) is 11.8 Å². The molecule has 1 heterocycles. The molecule has 0 radical (unpaired) electrons. The van der Waals surface area contributed by atoms with Crippen molar-refractivity contribution in [3.63, 3.8) is 0 Å². The molecule has 0 aromatic heterocycles. The Hall–Kier alpha value is -2.16. The maximum absolute atomic E-state index is 12.2. The highest BCUT2D eigenvalue weighted by Crippen LogP contribution is 2.31. The van der Waals surface area contributed by atoms with Crippen LogP contribution in [0, 0.1) is 13.8 Å². The second-order valence-corrected chi connectivity index (χ2v) is 9.09. The van der Waals surface area contributed by atoms with Gasteiger partial charge in [-0.15, -0.1) is 0 Å². The lowest BCUT2D eigenvalue weighted by Gasteiger charge is -2.11. The third-order valence-electron chi connectivity index (χ3n) is 4.39. The van der Waals surface area contributed by atoms with E-state index in [1.54, 1.807) is 25.3 Å². The molecule has 1 saturated heterocycles. The second-order valence-electron chi connectivity index (χ2n) is 6.56. The zero-order chi connectivity index (χ0) is 21.1. The summed E-state index contributed by atoms with van der Waals surface area (Å²) in [7, 11) is 1.66. The van der Waals surface area contributed by atoms with Crippen LogP contribution in [0.2, 0.25) is 0 Å². The molecule has 1 N–H and O–H groups in total. The van der Waals surface area contributed by atoms with E-state index in [0.717, 1.165) is 21.2 Å². The Morgan fingerprint density at radius 3 is 2.52 bits per heavy atom. The van der Waals surface area contributed by atoms with Gasteiger partial charge in [-0.2, -0.15) is 0 Å². The highest BCUT2D eigenvalue weighted by molar-refractivity contribution is 9.10. The number of benzene rings is 2. The van der Waals surface area contributed by atoms with Crippen LogP contribution in [-0.4, -0.2) is 34.7 Å². The number of likely N-dealkylation sites (N-methyl/N-ethyl adjacent to an activating group) is 1. The lowest BCUT2D eigenvalue weighted by molar-refractivity contribution is -0.121. The molecule has 3 rings (SSSR count). The Bertz CT molecular complexity index is 1020. The number of hydrogen-bond acceptors (Lipinski definition) is 5. The van der Waals surface area contributed by atoms with Gasteiger partial charge in [0.15, 0.2) is 6.61 Å². The summed E-state index contributed by atoms with van der Waals surface area (Å²) in [4.78, 5) is 26.3. The third-order valence-corrected chi connectivity index (χ3v) is 6.53. The van der Waals surface area contributed by atoms with Crippen molar-refractivity contribution in [1.29, 1.82) is 0 Å². The van der Waals surface area contributed by atoms with Crippen molar-refractivity contribution < 1.29 is 14.3 Å². The van der Waals surface area contributed by atoms with E-state index in [4.69, 9.17) is 17.0 Å². The fraction of sp³-hybridized carbons (Fsp3) is 0.190. The van der Waals surface area contributed by atoms with Gasteiger partial charge in [0.1, 0.15) is 10.1 Å². The van der Waals surface area contributed by atoms with Gasteiger partial charge in [-0.25, -0.2) is 0 Å². The zero-order valence-electron chi connectivity index (χ0n) is 16.1. The van der Waals surface area contributed by atoms with Crippen LogP contribution in [0.15, 0.2) is 45.8 Å². The highest BCUT2D eigenvalue weighted by atomic mass is 79.9. The molecule has 0 aliphatic carbocycles. The maximum Gasteiger partial charge on any atom is 0.265 e. The van der Waals surface area contributed by atoms with Crippen LogP contribution >= 0.6 is 39.9 Å². The average Bonchev–Trinajstić information content (AvgIpc) is 2.92. The molecule has 0 spiro atoms. The summed E-state index contributed by atoms with van der Waals surface area (Å²) in [5.74, 6) is 0.221. The van der Waals surface area contributed by atoms with E-state index in [9.17, 15) is 9.59 Å². The standard InChI is InChI=1S/C21H19BrN2O3S2/c1-12-8-16(22)17(9-13(12)2)23-19(25)11-27-15-6-4-14(5-7-15)10-18-20(26)24(3)21(28)29-18/h4-10H,11H2,1-3H3,(H,23,25)/b18-10-. The van der Waals surface area contributed by atoms with E-state index in [0.29, 0.717) is 20.7 Å². The number of thioether (sulfide) groups is 1. The molecule has 8 heteroatoms. The third kappa shape index (κ3) is 5.26. The number of halogens is 1. The number of nitrogens with one attached hydrogen (secondary N) is 1. The first-order valence-electron chi connectivity index (χ1n) is 8.75. The van der Waals surface area contributed by atoms with Crippen LogP contribution in [0.3, 0.4) is 0 Å². The van der Waals surface area contributed by atoms with Crippen LogP contribution in [0.1, 0.15) is 16.7 Å². The molecule has 0 bridgehead atoms. The van der Waals surface area contributed by atoms with E-state index < -0.39 is 0 Å². The van der Waals surface area contributed by atoms with E-state index >= 15 is 0 Å². The predicted molar refractivity (Wildman–Crippen MR) is 125 cm³/mol. The number of thiocarbonyl (C=S) groups is 1. The van der Waals surface area contributed by atoms with Crippen molar-refractivity contribution in [2.75, 3.05) is 19.0 Å². The van der Waals surface area contributed by atoms with Crippen LogP contribution < -0.4 is 10.1 Å². The molecule has 0 unspecified atom stereocenters. The number of amides is 2. The van der Waals surface area contributed by atoms with E-state index in [1.807, 2.05) is 38.1 Å². The summed E-state index contributed by atoms with van der Waals surface area (Å²) in [5.41, 5.74) is 3.81. The van der Waals surface area contributed by atoms with Crippen LogP contribution in [0.4, 0.5) is 5.69 Å². The molecular weight excluding hydrogens is 472 g/mol. The molecular formula is C21H19BrN2O3S2. The summed E-state index contributed by atoms with van der Waals surface area (Å²) in [6.07, 6.45) is 1.79. The maximum atomic E-state index is 12.2. The number of anilines is 1. The molecule has 2 aromatic rings. The Labute approximate surface area is 187 Å². The van der Waals surface area contributed by atoms with Crippen molar-refractivity contribution >= 4 is 67.8 Å². The predicted octanol–water partition coefficient (Wildman–Crippen LogP) is 4.91. The SMILES string of the molecule is Cc1cc(Br)c(NC(=O)COc2ccc(/C=C3\SC(=S)N(C)C3=O)cc2)cc1C.